The summed E-state index contributed by atoms with van der Waals surface area (Å²) in [5, 5.41) is 6.04. The first-order valence-corrected chi connectivity index (χ1v) is 12.8. The molecule has 2 aromatic heterocycles. The maximum atomic E-state index is 13.7. The number of esters is 1. The third-order valence-corrected chi connectivity index (χ3v) is 7.43. The van der Waals surface area contributed by atoms with Crippen LogP contribution in [0.25, 0.3) is 33.3 Å². The number of nitrogens with one attached hydrogen (secondary N) is 1. The Balaban J connectivity index is 1.58. The standard InChI is InChI=1S/C31H26N2O3S/c1-18-9-12-21(13-10-18)25-17-37-30(28(25)31(35)36-4)33-29(34)24-16-27(22-14-11-19(2)20(3)15-22)32-26-8-6-5-7-23(24)26/h5-17H,1-4H3,(H,33,34). The first kappa shape index (κ1) is 24.4. The first-order chi connectivity index (χ1) is 17.9. The molecule has 5 nitrogen and oxygen atoms in total. The predicted molar refractivity (Wildman–Crippen MR) is 150 cm³/mol. The molecule has 0 bridgehead atoms. The molecule has 0 spiro atoms. The zero-order valence-electron chi connectivity index (χ0n) is 21.1. The molecule has 0 saturated heterocycles. The van der Waals surface area contributed by atoms with E-state index in [9.17, 15) is 9.59 Å². The zero-order valence-corrected chi connectivity index (χ0v) is 21.9. The molecule has 6 heteroatoms. The summed E-state index contributed by atoms with van der Waals surface area (Å²) in [5.74, 6) is -0.811. The molecule has 2 heterocycles. The molecule has 1 N–H and O–H groups in total. The Kier molecular flexibility index (Phi) is 6.59. The number of amides is 1. The normalized spacial score (nSPS) is 10.9. The topological polar surface area (TPSA) is 68.3 Å². The van der Waals surface area contributed by atoms with Crippen LogP contribution in [0.4, 0.5) is 5.00 Å². The fraction of sp³-hybridized carbons (Fsp3) is 0.129. The van der Waals surface area contributed by atoms with E-state index in [1.807, 2.05) is 73.0 Å². The Hall–Kier alpha value is -4.29. The van der Waals surface area contributed by atoms with E-state index < -0.39 is 5.97 Å². The SMILES string of the molecule is COC(=O)c1c(-c2ccc(C)cc2)csc1NC(=O)c1cc(-c2ccc(C)c(C)c2)nc2ccccc12. The van der Waals surface area contributed by atoms with E-state index in [0.29, 0.717) is 21.8 Å². The van der Waals surface area contributed by atoms with Crippen molar-refractivity contribution >= 4 is 39.1 Å². The highest BCUT2D eigenvalue weighted by Crippen LogP contribution is 2.37. The number of hydrogen-bond acceptors (Lipinski definition) is 5. The largest absolute Gasteiger partial charge is 0.465 e. The van der Waals surface area contributed by atoms with E-state index in [4.69, 9.17) is 9.72 Å². The number of hydrogen-bond donors (Lipinski definition) is 1. The van der Waals surface area contributed by atoms with Gasteiger partial charge >= 0.3 is 5.97 Å². The van der Waals surface area contributed by atoms with Gasteiger partial charge in [0.2, 0.25) is 0 Å². The number of carbonyl (C=O) groups is 2. The highest BCUT2D eigenvalue weighted by Gasteiger charge is 2.24. The Bertz CT molecular complexity index is 1650. The quantitative estimate of drug-likeness (QED) is 0.249. The van der Waals surface area contributed by atoms with Gasteiger partial charge in [-0.2, -0.15) is 0 Å². The van der Waals surface area contributed by atoms with Gasteiger partial charge in [0.05, 0.1) is 23.9 Å². The van der Waals surface area contributed by atoms with E-state index in [2.05, 4.69) is 31.3 Å². The molecular formula is C31H26N2O3S. The molecule has 0 fully saturated rings. The van der Waals surface area contributed by atoms with Crippen molar-refractivity contribution in [1.29, 1.82) is 0 Å². The molecule has 0 aliphatic rings. The smallest absolute Gasteiger partial charge is 0.341 e. The second-order valence-corrected chi connectivity index (χ2v) is 9.92. The van der Waals surface area contributed by atoms with Crippen LogP contribution in [-0.2, 0) is 4.74 Å². The summed E-state index contributed by atoms with van der Waals surface area (Å²) in [5.41, 5.74) is 8.29. The van der Waals surface area contributed by atoms with Crippen LogP contribution in [0.3, 0.4) is 0 Å². The molecule has 184 valence electrons. The van der Waals surface area contributed by atoms with Crippen molar-refractivity contribution in [3.8, 4) is 22.4 Å². The van der Waals surface area contributed by atoms with Crippen molar-refractivity contribution < 1.29 is 14.3 Å². The van der Waals surface area contributed by atoms with Gasteiger partial charge in [-0.25, -0.2) is 9.78 Å². The summed E-state index contributed by atoms with van der Waals surface area (Å²) in [6.07, 6.45) is 0. The number of benzene rings is 3. The summed E-state index contributed by atoms with van der Waals surface area (Å²) in [6.45, 7) is 6.14. The average Bonchev–Trinajstić information content (AvgIpc) is 3.32. The third kappa shape index (κ3) is 4.76. The summed E-state index contributed by atoms with van der Waals surface area (Å²) in [4.78, 5) is 31.3. The van der Waals surface area contributed by atoms with Crippen LogP contribution >= 0.6 is 11.3 Å². The Morgan fingerprint density at radius 1 is 0.865 bits per heavy atom. The van der Waals surface area contributed by atoms with Crippen LogP contribution in [0.5, 0.6) is 0 Å². The number of thiophene rings is 1. The fourth-order valence-electron chi connectivity index (χ4n) is 4.28. The lowest BCUT2D eigenvalue weighted by Crippen LogP contribution is -2.15. The van der Waals surface area contributed by atoms with E-state index >= 15 is 0 Å². The minimum Gasteiger partial charge on any atom is -0.465 e. The molecule has 0 atom stereocenters. The summed E-state index contributed by atoms with van der Waals surface area (Å²) >= 11 is 1.30. The van der Waals surface area contributed by atoms with Crippen LogP contribution < -0.4 is 5.32 Å². The number of carbonyl (C=O) groups excluding carboxylic acids is 2. The molecule has 0 saturated carbocycles. The highest BCUT2D eigenvalue weighted by atomic mass is 32.1. The van der Waals surface area contributed by atoms with Gasteiger partial charge in [0.15, 0.2) is 0 Å². The lowest BCUT2D eigenvalue weighted by Gasteiger charge is -2.12. The molecule has 5 rings (SSSR count). The summed E-state index contributed by atoms with van der Waals surface area (Å²) < 4.78 is 5.08. The van der Waals surface area contributed by atoms with Gasteiger partial charge in [-0.05, 0) is 55.7 Å². The van der Waals surface area contributed by atoms with Gasteiger partial charge in [0.25, 0.3) is 5.91 Å². The molecule has 3 aromatic carbocycles. The van der Waals surface area contributed by atoms with E-state index in [0.717, 1.165) is 38.7 Å². The van der Waals surface area contributed by atoms with Gasteiger partial charge in [-0.3, -0.25) is 4.79 Å². The van der Waals surface area contributed by atoms with Crippen molar-refractivity contribution in [1.82, 2.24) is 4.98 Å². The van der Waals surface area contributed by atoms with E-state index in [1.54, 1.807) is 0 Å². The number of rotatable bonds is 5. The van der Waals surface area contributed by atoms with Crippen molar-refractivity contribution in [2.45, 2.75) is 20.8 Å². The van der Waals surface area contributed by atoms with Crippen LogP contribution in [0.1, 0.15) is 37.4 Å². The predicted octanol–water partition coefficient (Wildman–Crippen LogP) is 7.59. The summed E-state index contributed by atoms with van der Waals surface area (Å²) in [6, 6.07) is 23.4. The Morgan fingerprint density at radius 2 is 1.59 bits per heavy atom. The van der Waals surface area contributed by atoms with Crippen molar-refractivity contribution in [3.63, 3.8) is 0 Å². The fourth-order valence-corrected chi connectivity index (χ4v) is 5.23. The molecule has 1 amide bonds. The molecule has 5 aromatic rings. The van der Waals surface area contributed by atoms with Crippen molar-refractivity contribution in [2.75, 3.05) is 12.4 Å². The minimum absolute atomic E-state index is 0.314. The molecule has 0 aliphatic heterocycles. The molecule has 37 heavy (non-hydrogen) atoms. The van der Waals surface area contributed by atoms with Crippen LogP contribution in [0.2, 0.25) is 0 Å². The number of aromatic nitrogens is 1. The number of para-hydroxylation sites is 1. The third-order valence-electron chi connectivity index (χ3n) is 6.53. The first-order valence-electron chi connectivity index (χ1n) is 11.9. The van der Waals surface area contributed by atoms with Gasteiger partial charge in [-0.1, -0.05) is 60.2 Å². The van der Waals surface area contributed by atoms with Crippen molar-refractivity contribution in [3.05, 3.63) is 106 Å². The van der Waals surface area contributed by atoms with Gasteiger partial charge in [-0.15, -0.1) is 11.3 Å². The maximum Gasteiger partial charge on any atom is 0.341 e. The van der Waals surface area contributed by atoms with E-state index in [-0.39, 0.29) is 5.91 Å². The maximum absolute atomic E-state index is 13.7. The molecule has 0 radical (unpaired) electrons. The number of anilines is 1. The van der Waals surface area contributed by atoms with E-state index in [1.165, 1.54) is 24.0 Å². The van der Waals surface area contributed by atoms with Gasteiger partial charge < -0.3 is 10.1 Å². The lowest BCUT2D eigenvalue weighted by molar-refractivity contribution is 0.0603. The number of pyridine rings is 1. The Morgan fingerprint density at radius 3 is 2.32 bits per heavy atom. The lowest BCUT2D eigenvalue weighted by atomic mass is 10.0. The average molecular weight is 507 g/mol. The monoisotopic (exact) mass is 506 g/mol. The molecular weight excluding hydrogens is 480 g/mol. The van der Waals surface area contributed by atoms with Crippen molar-refractivity contribution in [2.24, 2.45) is 0 Å². The van der Waals surface area contributed by atoms with Crippen LogP contribution in [0, 0.1) is 20.8 Å². The Labute approximate surface area is 219 Å². The molecule has 0 aliphatic carbocycles. The van der Waals surface area contributed by atoms with Gasteiger partial charge in [0.1, 0.15) is 10.6 Å². The highest BCUT2D eigenvalue weighted by molar-refractivity contribution is 7.15. The second kappa shape index (κ2) is 9.99. The number of ether oxygens (including phenoxy) is 1. The van der Waals surface area contributed by atoms with Crippen LogP contribution in [-0.4, -0.2) is 24.0 Å². The molecule has 0 unspecified atom stereocenters. The van der Waals surface area contributed by atoms with Gasteiger partial charge in [0, 0.05) is 21.9 Å². The number of methoxy groups -OCH3 is 1. The summed E-state index contributed by atoms with van der Waals surface area (Å²) in [7, 11) is 1.34. The number of aryl methyl sites for hydroxylation is 3. The second-order valence-electron chi connectivity index (χ2n) is 9.04. The zero-order chi connectivity index (χ0) is 26.1. The number of fused-ring (bicyclic) bond motifs is 1. The van der Waals surface area contributed by atoms with Crippen LogP contribution in [0.15, 0.2) is 78.2 Å². The minimum atomic E-state index is -0.498. The number of nitrogens with zero attached hydrogens (tertiary/aromatic N) is 1.